The second-order valence-corrected chi connectivity index (χ2v) is 7.76. The highest BCUT2D eigenvalue weighted by Gasteiger charge is 2.16. The number of benzene rings is 2. The van der Waals surface area contributed by atoms with Crippen LogP contribution in [0.25, 0.3) is 0 Å². The van der Waals surface area contributed by atoms with Gasteiger partial charge in [-0.25, -0.2) is 12.8 Å². The van der Waals surface area contributed by atoms with Crippen LogP contribution in [-0.2, 0) is 16.4 Å². The fraction of sp³-hybridized carbons (Fsp3) is 0.150. The van der Waals surface area contributed by atoms with Crippen LogP contribution in [0.4, 0.5) is 10.1 Å². The largest absolute Gasteiger partial charge is 0.469 e. The predicted octanol–water partition coefficient (Wildman–Crippen LogP) is 3.58. The number of anilines is 1. The predicted molar refractivity (Wildman–Crippen MR) is 103 cm³/mol. The van der Waals surface area contributed by atoms with Crippen molar-refractivity contribution in [3.8, 4) is 0 Å². The van der Waals surface area contributed by atoms with Crippen molar-refractivity contribution in [3.63, 3.8) is 0 Å². The van der Waals surface area contributed by atoms with Crippen LogP contribution in [-0.4, -0.2) is 20.9 Å². The molecule has 6 nitrogen and oxygen atoms in total. The average molecular weight is 402 g/mol. The normalized spacial score (nSPS) is 11.2. The highest BCUT2D eigenvalue weighted by Crippen LogP contribution is 2.17. The zero-order valence-corrected chi connectivity index (χ0v) is 15.7. The summed E-state index contributed by atoms with van der Waals surface area (Å²) >= 11 is 0. The molecule has 3 rings (SSSR count). The van der Waals surface area contributed by atoms with Crippen LogP contribution in [0.3, 0.4) is 0 Å². The number of carbonyl (C=O) groups is 1. The van der Waals surface area contributed by atoms with E-state index in [2.05, 4.69) is 10.0 Å². The van der Waals surface area contributed by atoms with Gasteiger partial charge in [-0.2, -0.15) is 0 Å². The lowest BCUT2D eigenvalue weighted by atomic mass is 10.2. The van der Waals surface area contributed by atoms with E-state index in [1.54, 1.807) is 18.4 Å². The molecule has 0 unspecified atom stereocenters. The van der Waals surface area contributed by atoms with Crippen molar-refractivity contribution in [2.24, 2.45) is 0 Å². The van der Waals surface area contributed by atoms with Crippen LogP contribution in [0.1, 0.15) is 22.5 Å². The first kappa shape index (κ1) is 19.6. The van der Waals surface area contributed by atoms with Crippen molar-refractivity contribution in [1.29, 1.82) is 0 Å². The first-order valence-corrected chi connectivity index (χ1v) is 10.1. The maximum Gasteiger partial charge on any atom is 0.261 e. The molecule has 28 heavy (non-hydrogen) atoms. The molecule has 0 saturated heterocycles. The zero-order valence-electron chi connectivity index (χ0n) is 14.9. The van der Waals surface area contributed by atoms with Gasteiger partial charge in [0, 0.05) is 24.2 Å². The molecule has 0 bridgehead atoms. The van der Waals surface area contributed by atoms with Crippen molar-refractivity contribution in [3.05, 3.63) is 84.1 Å². The lowest BCUT2D eigenvalue weighted by molar-refractivity contribution is 0.0953. The highest BCUT2D eigenvalue weighted by molar-refractivity contribution is 7.92. The molecule has 0 atom stereocenters. The van der Waals surface area contributed by atoms with E-state index in [0.29, 0.717) is 19.4 Å². The van der Waals surface area contributed by atoms with Crippen LogP contribution in [0.15, 0.2) is 76.2 Å². The minimum Gasteiger partial charge on any atom is -0.469 e. The van der Waals surface area contributed by atoms with Crippen molar-refractivity contribution in [2.45, 2.75) is 17.7 Å². The van der Waals surface area contributed by atoms with Gasteiger partial charge in [0.25, 0.3) is 15.9 Å². The summed E-state index contributed by atoms with van der Waals surface area (Å²) in [5, 5.41) is 2.76. The smallest absolute Gasteiger partial charge is 0.261 e. The molecule has 2 aromatic carbocycles. The lowest BCUT2D eigenvalue weighted by Crippen LogP contribution is -2.25. The highest BCUT2D eigenvalue weighted by atomic mass is 32.2. The molecule has 8 heteroatoms. The quantitative estimate of drug-likeness (QED) is 0.564. The summed E-state index contributed by atoms with van der Waals surface area (Å²) in [6.07, 6.45) is 2.99. The molecule has 1 heterocycles. The van der Waals surface area contributed by atoms with Gasteiger partial charge in [-0.15, -0.1) is 0 Å². The maximum atomic E-state index is 13.0. The molecule has 0 spiro atoms. The number of aryl methyl sites for hydroxylation is 1. The number of nitrogens with one attached hydrogen (secondary N) is 2. The zero-order chi connectivity index (χ0) is 20.0. The number of sulfonamides is 1. The van der Waals surface area contributed by atoms with Crippen molar-refractivity contribution >= 4 is 21.6 Å². The van der Waals surface area contributed by atoms with Gasteiger partial charge < -0.3 is 9.73 Å². The number of furan rings is 1. The summed E-state index contributed by atoms with van der Waals surface area (Å²) in [5.41, 5.74) is 0.467. The number of halogens is 1. The Morgan fingerprint density at radius 3 is 2.54 bits per heavy atom. The Morgan fingerprint density at radius 2 is 1.82 bits per heavy atom. The SMILES string of the molecule is O=C(NCCCc1ccco1)c1cccc(S(=O)(=O)Nc2ccc(F)cc2)c1. The van der Waals surface area contributed by atoms with Crippen LogP contribution in [0, 0.1) is 5.82 Å². The summed E-state index contributed by atoms with van der Waals surface area (Å²) < 4.78 is 45.6. The van der Waals surface area contributed by atoms with Crippen LogP contribution < -0.4 is 10.0 Å². The van der Waals surface area contributed by atoms with Gasteiger partial charge in [0.15, 0.2) is 0 Å². The van der Waals surface area contributed by atoms with Gasteiger partial charge in [-0.3, -0.25) is 9.52 Å². The molecule has 0 aliphatic rings. The lowest BCUT2D eigenvalue weighted by Gasteiger charge is -2.10. The minimum atomic E-state index is -3.90. The second-order valence-electron chi connectivity index (χ2n) is 6.08. The number of carbonyl (C=O) groups excluding carboxylic acids is 1. The van der Waals surface area contributed by atoms with Crippen LogP contribution >= 0.6 is 0 Å². The molecular weight excluding hydrogens is 383 g/mol. The standard InChI is InChI=1S/C20H19FN2O4S/c21-16-8-10-17(11-9-16)23-28(25,26)19-7-1-4-15(14-19)20(24)22-12-2-5-18-6-3-13-27-18/h1,3-4,6-11,13-14,23H,2,5,12H2,(H,22,24). The summed E-state index contributed by atoms with van der Waals surface area (Å²) in [5.74, 6) is 0.0150. The summed E-state index contributed by atoms with van der Waals surface area (Å²) in [7, 11) is -3.90. The summed E-state index contributed by atoms with van der Waals surface area (Å²) in [4.78, 5) is 12.2. The van der Waals surface area contributed by atoms with Gasteiger partial charge >= 0.3 is 0 Å². The van der Waals surface area contributed by atoms with Gasteiger partial charge in [0.2, 0.25) is 0 Å². The Balaban J connectivity index is 1.61. The van der Waals surface area contributed by atoms with Gasteiger partial charge in [0.05, 0.1) is 11.2 Å². The Hall–Kier alpha value is -3.13. The molecule has 2 N–H and O–H groups in total. The maximum absolute atomic E-state index is 13.0. The third kappa shape index (κ3) is 5.20. The monoisotopic (exact) mass is 402 g/mol. The molecule has 0 aliphatic heterocycles. The number of amides is 1. The number of hydrogen-bond donors (Lipinski definition) is 2. The third-order valence-electron chi connectivity index (χ3n) is 3.97. The number of hydrogen-bond acceptors (Lipinski definition) is 4. The van der Waals surface area contributed by atoms with E-state index in [1.165, 1.54) is 30.3 Å². The molecule has 3 aromatic rings. The average Bonchev–Trinajstić information content (AvgIpc) is 3.20. The van der Waals surface area contributed by atoms with Gasteiger partial charge in [0.1, 0.15) is 11.6 Å². The fourth-order valence-corrected chi connectivity index (χ4v) is 3.66. The summed E-state index contributed by atoms with van der Waals surface area (Å²) in [6.45, 7) is 0.435. The van der Waals surface area contributed by atoms with E-state index in [9.17, 15) is 17.6 Å². The van der Waals surface area contributed by atoms with Crippen LogP contribution in [0.5, 0.6) is 0 Å². The topological polar surface area (TPSA) is 88.4 Å². The molecule has 0 fully saturated rings. The Labute approximate surface area is 162 Å². The third-order valence-corrected chi connectivity index (χ3v) is 5.35. The Morgan fingerprint density at radius 1 is 1.04 bits per heavy atom. The molecular formula is C20H19FN2O4S. The van der Waals surface area contributed by atoms with Gasteiger partial charge in [-0.05, 0) is 61.0 Å². The molecule has 0 radical (unpaired) electrons. The fourth-order valence-electron chi connectivity index (χ4n) is 2.56. The van der Waals surface area contributed by atoms with Crippen molar-refractivity contribution in [1.82, 2.24) is 5.32 Å². The second kappa shape index (κ2) is 8.71. The first-order valence-electron chi connectivity index (χ1n) is 8.63. The van der Waals surface area contributed by atoms with Crippen molar-refractivity contribution in [2.75, 3.05) is 11.3 Å². The minimum absolute atomic E-state index is 0.0555. The van der Waals surface area contributed by atoms with Gasteiger partial charge in [-0.1, -0.05) is 6.07 Å². The van der Waals surface area contributed by atoms with E-state index in [4.69, 9.17) is 4.42 Å². The van der Waals surface area contributed by atoms with E-state index in [-0.39, 0.29) is 22.1 Å². The Kier molecular flexibility index (Phi) is 6.10. The van der Waals surface area contributed by atoms with E-state index < -0.39 is 15.8 Å². The number of rotatable bonds is 8. The van der Waals surface area contributed by atoms with Crippen LogP contribution in [0.2, 0.25) is 0 Å². The molecule has 0 saturated carbocycles. The molecule has 146 valence electrons. The Bertz CT molecular complexity index is 1030. The molecule has 0 aliphatic carbocycles. The van der Waals surface area contributed by atoms with E-state index in [0.717, 1.165) is 17.9 Å². The van der Waals surface area contributed by atoms with E-state index in [1.807, 2.05) is 6.07 Å². The molecule has 1 amide bonds. The van der Waals surface area contributed by atoms with Crippen molar-refractivity contribution < 1.29 is 22.0 Å². The summed E-state index contributed by atoms with van der Waals surface area (Å²) in [6, 6.07) is 14.4. The van der Waals surface area contributed by atoms with E-state index >= 15 is 0 Å². The first-order chi connectivity index (χ1) is 13.4. The molecule has 1 aromatic heterocycles.